The average Bonchev–Trinajstić information content (AvgIpc) is 2.95. The molecule has 2 saturated heterocycles. The second-order valence-corrected chi connectivity index (χ2v) is 6.34. The SMILES string of the molecule is O=C(C1CCC1)N1C[C@@H]2CN(c3ncccn3)C[C@@H]2C1. The summed E-state index contributed by atoms with van der Waals surface area (Å²) in [7, 11) is 0. The van der Waals surface area contributed by atoms with Gasteiger partial charge in [-0.1, -0.05) is 6.42 Å². The van der Waals surface area contributed by atoms with Gasteiger partial charge in [0.1, 0.15) is 0 Å². The molecule has 1 aromatic rings. The zero-order chi connectivity index (χ0) is 13.5. The molecule has 1 amide bonds. The van der Waals surface area contributed by atoms with Crippen molar-refractivity contribution in [1.29, 1.82) is 0 Å². The molecule has 0 aromatic carbocycles. The van der Waals surface area contributed by atoms with Crippen molar-refractivity contribution in [2.24, 2.45) is 17.8 Å². The largest absolute Gasteiger partial charge is 0.342 e. The van der Waals surface area contributed by atoms with Crippen molar-refractivity contribution >= 4 is 11.9 Å². The lowest BCUT2D eigenvalue weighted by Crippen LogP contribution is -2.39. The Bertz CT molecular complexity index is 488. The first kappa shape index (κ1) is 12.1. The van der Waals surface area contributed by atoms with E-state index < -0.39 is 0 Å². The standard InChI is InChI=1S/C15H20N4O/c20-14(11-3-1-4-11)18-7-12-9-19(10-13(12)8-18)15-16-5-2-6-17-15/h2,5-6,11-13H,1,3-4,7-10H2/t12-,13+. The van der Waals surface area contributed by atoms with Crippen LogP contribution in [0.1, 0.15) is 19.3 Å². The Hall–Kier alpha value is -1.65. The predicted molar refractivity (Wildman–Crippen MR) is 75.1 cm³/mol. The predicted octanol–water partition coefficient (Wildman–Crippen LogP) is 1.17. The van der Waals surface area contributed by atoms with Crippen LogP contribution in [0.15, 0.2) is 18.5 Å². The lowest BCUT2D eigenvalue weighted by atomic mass is 9.84. The van der Waals surface area contributed by atoms with Crippen LogP contribution in [0.5, 0.6) is 0 Å². The molecule has 3 aliphatic rings. The summed E-state index contributed by atoms with van der Waals surface area (Å²) in [5.41, 5.74) is 0. The van der Waals surface area contributed by atoms with Gasteiger partial charge in [-0.2, -0.15) is 0 Å². The van der Waals surface area contributed by atoms with Crippen LogP contribution in [0, 0.1) is 17.8 Å². The first-order chi connectivity index (χ1) is 9.81. The Morgan fingerprint density at radius 2 is 1.70 bits per heavy atom. The van der Waals surface area contributed by atoms with E-state index in [9.17, 15) is 4.79 Å². The van der Waals surface area contributed by atoms with Gasteiger partial charge in [-0.25, -0.2) is 9.97 Å². The second kappa shape index (κ2) is 4.72. The minimum absolute atomic E-state index is 0.336. The van der Waals surface area contributed by atoms with Gasteiger partial charge in [-0.15, -0.1) is 0 Å². The lowest BCUT2D eigenvalue weighted by Gasteiger charge is -2.30. The highest BCUT2D eigenvalue weighted by Crippen LogP contribution is 2.35. The Morgan fingerprint density at radius 3 is 2.25 bits per heavy atom. The smallest absolute Gasteiger partial charge is 0.225 e. The first-order valence-electron chi connectivity index (χ1n) is 7.62. The molecule has 0 spiro atoms. The van der Waals surface area contributed by atoms with E-state index in [4.69, 9.17) is 0 Å². The van der Waals surface area contributed by atoms with Gasteiger partial charge in [-0.3, -0.25) is 4.79 Å². The van der Waals surface area contributed by atoms with Gasteiger partial charge in [0, 0.05) is 56.3 Å². The van der Waals surface area contributed by atoms with Crippen LogP contribution in [0.3, 0.4) is 0 Å². The van der Waals surface area contributed by atoms with E-state index in [1.807, 2.05) is 6.07 Å². The Kier molecular flexibility index (Phi) is 2.86. The molecule has 0 N–H and O–H groups in total. The number of hydrogen-bond acceptors (Lipinski definition) is 4. The molecule has 3 fully saturated rings. The summed E-state index contributed by atoms with van der Waals surface area (Å²) in [6.45, 7) is 3.85. The van der Waals surface area contributed by atoms with E-state index in [1.165, 1.54) is 6.42 Å². The van der Waals surface area contributed by atoms with Gasteiger partial charge < -0.3 is 9.80 Å². The molecule has 0 unspecified atom stereocenters. The van der Waals surface area contributed by atoms with Crippen LogP contribution in [-0.4, -0.2) is 47.0 Å². The lowest BCUT2D eigenvalue weighted by molar-refractivity contribution is -0.137. The number of aromatic nitrogens is 2. The average molecular weight is 272 g/mol. The summed E-state index contributed by atoms with van der Waals surface area (Å²) in [5.74, 6) is 2.78. The maximum Gasteiger partial charge on any atom is 0.225 e. The number of carbonyl (C=O) groups is 1. The molecule has 2 atom stereocenters. The number of fused-ring (bicyclic) bond motifs is 1. The van der Waals surface area contributed by atoms with Crippen molar-refractivity contribution in [3.8, 4) is 0 Å². The summed E-state index contributed by atoms with van der Waals surface area (Å²) in [6, 6.07) is 1.85. The maximum absolute atomic E-state index is 12.3. The zero-order valence-corrected chi connectivity index (χ0v) is 11.6. The van der Waals surface area contributed by atoms with Crippen LogP contribution in [0.25, 0.3) is 0 Å². The molecular formula is C15H20N4O. The van der Waals surface area contributed by atoms with Crippen molar-refractivity contribution in [3.05, 3.63) is 18.5 Å². The summed E-state index contributed by atoms with van der Waals surface area (Å²) in [6.07, 6.45) is 7.03. The van der Waals surface area contributed by atoms with E-state index in [2.05, 4.69) is 19.8 Å². The summed E-state index contributed by atoms with van der Waals surface area (Å²) >= 11 is 0. The Balaban J connectivity index is 1.39. The highest BCUT2D eigenvalue weighted by molar-refractivity contribution is 5.80. The van der Waals surface area contributed by atoms with Crippen LogP contribution >= 0.6 is 0 Å². The number of rotatable bonds is 2. The minimum Gasteiger partial charge on any atom is -0.342 e. The topological polar surface area (TPSA) is 49.3 Å². The van der Waals surface area contributed by atoms with Crippen LogP contribution in [0.2, 0.25) is 0 Å². The van der Waals surface area contributed by atoms with Gasteiger partial charge >= 0.3 is 0 Å². The van der Waals surface area contributed by atoms with Gasteiger partial charge in [-0.05, 0) is 18.9 Å². The molecule has 4 rings (SSSR count). The number of amides is 1. The van der Waals surface area contributed by atoms with Crippen LogP contribution in [0.4, 0.5) is 5.95 Å². The van der Waals surface area contributed by atoms with E-state index in [1.54, 1.807) is 12.4 Å². The third kappa shape index (κ3) is 1.96. The third-order valence-electron chi connectivity index (χ3n) is 5.09. The quantitative estimate of drug-likeness (QED) is 0.811. The van der Waals surface area contributed by atoms with E-state index in [-0.39, 0.29) is 0 Å². The molecule has 3 heterocycles. The summed E-state index contributed by atoms with van der Waals surface area (Å²) in [5, 5.41) is 0. The third-order valence-corrected chi connectivity index (χ3v) is 5.09. The summed E-state index contributed by atoms with van der Waals surface area (Å²) in [4.78, 5) is 25.3. The molecule has 0 radical (unpaired) electrons. The number of hydrogen-bond donors (Lipinski definition) is 0. The molecule has 20 heavy (non-hydrogen) atoms. The van der Waals surface area contributed by atoms with Crippen molar-refractivity contribution < 1.29 is 4.79 Å². The Labute approximate surface area is 119 Å². The molecule has 5 nitrogen and oxygen atoms in total. The van der Waals surface area contributed by atoms with Crippen molar-refractivity contribution in [1.82, 2.24) is 14.9 Å². The van der Waals surface area contributed by atoms with Gasteiger partial charge in [0.05, 0.1) is 0 Å². The second-order valence-electron chi connectivity index (χ2n) is 6.34. The van der Waals surface area contributed by atoms with E-state index >= 15 is 0 Å². The monoisotopic (exact) mass is 272 g/mol. The molecule has 1 aliphatic carbocycles. The molecule has 106 valence electrons. The first-order valence-corrected chi connectivity index (χ1v) is 7.62. The van der Waals surface area contributed by atoms with Crippen LogP contribution in [-0.2, 0) is 4.79 Å². The fraction of sp³-hybridized carbons (Fsp3) is 0.667. The Morgan fingerprint density at radius 1 is 1.05 bits per heavy atom. The maximum atomic E-state index is 12.3. The number of likely N-dealkylation sites (tertiary alicyclic amines) is 1. The van der Waals surface area contributed by atoms with E-state index in [0.29, 0.717) is 23.7 Å². The molecule has 5 heteroatoms. The van der Waals surface area contributed by atoms with Crippen molar-refractivity contribution in [3.63, 3.8) is 0 Å². The van der Waals surface area contributed by atoms with Gasteiger partial charge in [0.25, 0.3) is 0 Å². The highest BCUT2D eigenvalue weighted by atomic mass is 16.2. The number of anilines is 1. The molecule has 2 aliphatic heterocycles. The van der Waals surface area contributed by atoms with Crippen LogP contribution < -0.4 is 4.90 Å². The highest BCUT2D eigenvalue weighted by Gasteiger charge is 2.43. The fourth-order valence-electron chi connectivity index (χ4n) is 3.70. The van der Waals surface area contributed by atoms with Crippen molar-refractivity contribution in [2.75, 3.05) is 31.1 Å². The zero-order valence-electron chi connectivity index (χ0n) is 11.6. The van der Waals surface area contributed by atoms with Crippen molar-refractivity contribution in [2.45, 2.75) is 19.3 Å². The number of carbonyl (C=O) groups excluding carboxylic acids is 1. The molecule has 0 bridgehead atoms. The molecule has 1 aromatic heterocycles. The molecular weight excluding hydrogens is 252 g/mol. The normalized spacial score (nSPS) is 29.4. The van der Waals surface area contributed by atoms with E-state index in [0.717, 1.165) is 45.0 Å². The summed E-state index contributed by atoms with van der Waals surface area (Å²) < 4.78 is 0. The molecule has 1 saturated carbocycles. The van der Waals surface area contributed by atoms with Gasteiger partial charge in [0.15, 0.2) is 0 Å². The minimum atomic E-state index is 0.336. The fourth-order valence-corrected chi connectivity index (χ4v) is 3.70. The number of nitrogens with zero attached hydrogens (tertiary/aromatic N) is 4. The van der Waals surface area contributed by atoms with Gasteiger partial charge in [0.2, 0.25) is 11.9 Å².